The largest absolute Gasteiger partial charge is 0.384 e. The van der Waals surface area contributed by atoms with Crippen LogP contribution in [0.2, 0.25) is 0 Å². The van der Waals surface area contributed by atoms with E-state index >= 15 is 0 Å². The molecule has 1 aromatic carbocycles. The lowest BCUT2D eigenvalue weighted by atomic mass is 10.1. The Balaban J connectivity index is 1.99. The molecule has 1 aliphatic heterocycles. The van der Waals surface area contributed by atoms with Crippen molar-refractivity contribution in [3.63, 3.8) is 0 Å². The number of benzene rings is 1. The van der Waals surface area contributed by atoms with Crippen LogP contribution in [0.1, 0.15) is 28.8 Å². The molecule has 0 radical (unpaired) electrons. The predicted molar refractivity (Wildman–Crippen MR) is 78.3 cm³/mol. The molecule has 5 heteroatoms. The zero-order valence-electron chi connectivity index (χ0n) is 12.0. The molecule has 0 spiro atoms. The number of rotatable bonds is 3. The number of amides is 1. The fraction of sp³-hybridized carbons (Fsp3) is 0.438. The molecular weight excluding hydrogens is 271 g/mol. The molecule has 1 aromatic rings. The van der Waals surface area contributed by atoms with Crippen LogP contribution in [0, 0.1) is 17.7 Å². The number of aliphatic hydroxyl groups is 1. The van der Waals surface area contributed by atoms with Gasteiger partial charge in [-0.2, -0.15) is 0 Å². The van der Waals surface area contributed by atoms with E-state index in [1.54, 1.807) is 6.07 Å². The van der Waals surface area contributed by atoms with Gasteiger partial charge < -0.3 is 15.3 Å². The Bertz CT molecular complexity index is 577. The van der Waals surface area contributed by atoms with E-state index in [0.717, 1.165) is 19.4 Å². The fourth-order valence-electron chi connectivity index (χ4n) is 2.46. The quantitative estimate of drug-likeness (QED) is 0.816. The van der Waals surface area contributed by atoms with E-state index in [1.807, 2.05) is 7.05 Å². The van der Waals surface area contributed by atoms with Crippen molar-refractivity contribution in [2.75, 3.05) is 26.7 Å². The molecule has 1 aliphatic rings. The Morgan fingerprint density at radius 2 is 2.38 bits per heavy atom. The summed E-state index contributed by atoms with van der Waals surface area (Å²) < 4.78 is 13.9. The van der Waals surface area contributed by atoms with Crippen LogP contribution in [0.5, 0.6) is 0 Å². The summed E-state index contributed by atoms with van der Waals surface area (Å²) in [6, 6.07) is 4.53. The van der Waals surface area contributed by atoms with E-state index in [-0.39, 0.29) is 12.2 Å². The SMILES string of the molecule is CN1CCCC1CNC(=O)c1ccc(C#CCO)cc1F. The molecular formula is C16H19FN2O2. The third kappa shape index (κ3) is 4.03. The van der Waals surface area contributed by atoms with Crippen LogP contribution >= 0.6 is 0 Å². The normalized spacial score (nSPS) is 18.1. The monoisotopic (exact) mass is 290 g/mol. The zero-order valence-corrected chi connectivity index (χ0v) is 12.0. The number of nitrogens with zero attached hydrogens (tertiary/aromatic N) is 1. The van der Waals surface area contributed by atoms with Gasteiger partial charge in [0.2, 0.25) is 0 Å². The van der Waals surface area contributed by atoms with Crippen molar-refractivity contribution in [3.05, 3.63) is 35.1 Å². The molecule has 1 atom stereocenters. The molecule has 21 heavy (non-hydrogen) atoms. The average Bonchev–Trinajstić information content (AvgIpc) is 2.88. The summed E-state index contributed by atoms with van der Waals surface area (Å²) in [6.45, 7) is 1.28. The molecule has 1 heterocycles. The van der Waals surface area contributed by atoms with Crippen molar-refractivity contribution in [1.82, 2.24) is 10.2 Å². The Morgan fingerprint density at radius 1 is 1.57 bits per heavy atom. The summed E-state index contributed by atoms with van der Waals surface area (Å²) in [5.41, 5.74) is 0.457. The molecule has 112 valence electrons. The fourth-order valence-corrected chi connectivity index (χ4v) is 2.46. The number of aliphatic hydroxyl groups excluding tert-OH is 1. The van der Waals surface area contributed by atoms with Gasteiger partial charge in [0.15, 0.2) is 0 Å². The minimum absolute atomic E-state index is 0.0187. The summed E-state index contributed by atoms with van der Waals surface area (Å²) in [7, 11) is 2.03. The lowest BCUT2D eigenvalue weighted by molar-refractivity contribution is 0.0939. The van der Waals surface area contributed by atoms with Gasteiger partial charge in [-0.3, -0.25) is 4.79 Å². The van der Waals surface area contributed by atoms with Gasteiger partial charge in [0.25, 0.3) is 5.91 Å². The van der Waals surface area contributed by atoms with Crippen molar-refractivity contribution in [2.24, 2.45) is 0 Å². The topological polar surface area (TPSA) is 52.6 Å². The third-order valence-electron chi connectivity index (χ3n) is 3.70. The number of carbonyl (C=O) groups excluding carboxylic acids is 1. The van der Waals surface area contributed by atoms with Crippen LogP contribution in [0.25, 0.3) is 0 Å². The highest BCUT2D eigenvalue weighted by atomic mass is 19.1. The second-order valence-corrected chi connectivity index (χ2v) is 5.14. The van der Waals surface area contributed by atoms with E-state index in [1.165, 1.54) is 12.1 Å². The van der Waals surface area contributed by atoms with Crippen molar-refractivity contribution in [3.8, 4) is 11.8 Å². The molecule has 0 bridgehead atoms. The number of hydrogen-bond donors (Lipinski definition) is 2. The molecule has 0 saturated carbocycles. The number of likely N-dealkylation sites (N-methyl/N-ethyl adjacent to an activating group) is 1. The Labute approximate surface area is 124 Å². The second kappa shape index (κ2) is 7.21. The maximum Gasteiger partial charge on any atom is 0.254 e. The van der Waals surface area contributed by atoms with Crippen LogP contribution < -0.4 is 5.32 Å². The summed E-state index contributed by atoms with van der Waals surface area (Å²) in [6.07, 6.45) is 2.18. The predicted octanol–water partition coefficient (Wildman–Crippen LogP) is 0.993. The van der Waals surface area contributed by atoms with Crippen LogP contribution in [-0.4, -0.2) is 48.7 Å². The van der Waals surface area contributed by atoms with E-state index in [4.69, 9.17) is 5.11 Å². The van der Waals surface area contributed by atoms with E-state index < -0.39 is 11.7 Å². The Kier molecular flexibility index (Phi) is 5.32. The van der Waals surface area contributed by atoms with Crippen molar-refractivity contribution in [2.45, 2.75) is 18.9 Å². The number of carbonyl (C=O) groups is 1. The van der Waals surface area contributed by atoms with Crippen molar-refractivity contribution >= 4 is 5.91 Å². The molecule has 4 nitrogen and oxygen atoms in total. The van der Waals surface area contributed by atoms with Crippen LogP contribution in [-0.2, 0) is 0 Å². The summed E-state index contributed by atoms with van der Waals surface area (Å²) >= 11 is 0. The van der Waals surface area contributed by atoms with Gasteiger partial charge in [0, 0.05) is 18.2 Å². The minimum atomic E-state index is -0.600. The zero-order chi connectivity index (χ0) is 15.2. The molecule has 1 amide bonds. The first-order valence-electron chi connectivity index (χ1n) is 6.99. The lowest BCUT2D eigenvalue weighted by Gasteiger charge is -2.19. The molecule has 0 aliphatic carbocycles. The van der Waals surface area contributed by atoms with Crippen LogP contribution in [0.4, 0.5) is 4.39 Å². The van der Waals surface area contributed by atoms with Gasteiger partial charge in [-0.05, 0) is 44.6 Å². The molecule has 1 fully saturated rings. The van der Waals surface area contributed by atoms with Gasteiger partial charge >= 0.3 is 0 Å². The summed E-state index contributed by atoms with van der Waals surface area (Å²) in [5.74, 6) is 4.04. The molecule has 2 rings (SSSR count). The smallest absolute Gasteiger partial charge is 0.254 e. The molecule has 0 aromatic heterocycles. The first kappa shape index (κ1) is 15.5. The molecule has 1 saturated heterocycles. The highest BCUT2D eigenvalue weighted by Gasteiger charge is 2.21. The van der Waals surface area contributed by atoms with Gasteiger partial charge in [-0.15, -0.1) is 0 Å². The van der Waals surface area contributed by atoms with Crippen LogP contribution in [0.15, 0.2) is 18.2 Å². The van der Waals surface area contributed by atoms with Gasteiger partial charge in [-0.1, -0.05) is 11.8 Å². The number of nitrogens with one attached hydrogen (secondary N) is 1. The van der Waals surface area contributed by atoms with E-state index in [0.29, 0.717) is 18.2 Å². The van der Waals surface area contributed by atoms with E-state index in [2.05, 4.69) is 22.1 Å². The maximum absolute atomic E-state index is 13.9. The minimum Gasteiger partial charge on any atom is -0.384 e. The Morgan fingerprint density at radius 3 is 3.00 bits per heavy atom. The number of hydrogen-bond acceptors (Lipinski definition) is 3. The Hall–Kier alpha value is -1.90. The van der Waals surface area contributed by atoms with Gasteiger partial charge in [0.05, 0.1) is 5.56 Å². The van der Waals surface area contributed by atoms with Crippen LogP contribution in [0.3, 0.4) is 0 Å². The molecule has 2 N–H and O–H groups in total. The highest BCUT2D eigenvalue weighted by Crippen LogP contribution is 2.14. The van der Waals surface area contributed by atoms with E-state index in [9.17, 15) is 9.18 Å². The summed E-state index contributed by atoms with van der Waals surface area (Å²) in [5, 5.41) is 11.4. The lowest BCUT2D eigenvalue weighted by Crippen LogP contribution is -2.38. The van der Waals surface area contributed by atoms with Gasteiger partial charge in [-0.25, -0.2) is 4.39 Å². The summed E-state index contributed by atoms with van der Waals surface area (Å²) in [4.78, 5) is 14.2. The van der Waals surface area contributed by atoms with Crippen molar-refractivity contribution < 1.29 is 14.3 Å². The third-order valence-corrected chi connectivity index (χ3v) is 3.70. The molecule has 1 unspecified atom stereocenters. The first-order chi connectivity index (χ1) is 10.1. The first-order valence-corrected chi connectivity index (χ1v) is 6.99. The highest BCUT2D eigenvalue weighted by molar-refractivity contribution is 5.94. The van der Waals surface area contributed by atoms with Crippen molar-refractivity contribution in [1.29, 1.82) is 0 Å². The number of likely N-dealkylation sites (tertiary alicyclic amines) is 1. The average molecular weight is 290 g/mol. The maximum atomic E-state index is 13.9. The number of halogens is 1. The second-order valence-electron chi connectivity index (χ2n) is 5.14. The van der Waals surface area contributed by atoms with Gasteiger partial charge in [0.1, 0.15) is 12.4 Å². The standard InChI is InChI=1S/C16H19FN2O2/c1-19-8-2-5-13(19)11-18-16(21)14-7-6-12(4-3-9-20)10-15(14)17/h6-7,10,13,20H,2,5,8-9,11H2,1H3,(H,18,21).